The Balaban J connectivity index is 2.14. The number of carbonyl (C=O) groups excluding carboxylic acids is 1. The van der Waals surface area contributed by atoms with Crippen LogP contribution in [0.3, 0.4) is 0 Å². The standard InChI is InChI=1S/C16H16N2OS/c1-2-17-16(20)18-15(19)11-10-13-8-5-7-12-6-3-4-9-14(12)13/h3-11H,2H2,1H3,(H2,17,18,19,20). The van der Waals surface area contributed by atoms with E-state index in [0.717, 1.165) is 16.3 Å². The number of hydrogen-bond donors (Lipinski definition) is 2. The van der Waals surface area contributed by atoms with Crippen LogP contribution >= 0.6 is 12.2 Å². The number of nitrogens with one attached hydrogen (secondary N) is 2. The fraction of sp³-hybridized carbons (Fsp3) is 0.125. The second-order valence-electron chi connectivity index (χ2n) is 4.25. The lowest BCUT2D eigenvalue weighted by Gasteiger charge is -2.05. The summed E-state index contributed by atoms with van der Waals surface area (Å²) in [6.45, 7) is 2.61. The van der Waals surface area contributed by atoms with Crippen LogP contribution < -0.4 is 10.6 Å². The Kier molecular flexibility index (Phi) is 4.85. The van der Waals surface area contributed by atoms with E-state index in [1.165, 1.54) is 6.08 Å². The van der Waals surface area contributed by atoms with Gasteiger partial charge in [-0.3, -0.25) is 10.1 Å². The Morgan fingerprint density at radius 2 is 1.95 bits per heavy atom. The highest BCUT2D eigenvalue weighted by atomic mass is 32.1. The van der Waals surface area contributed by atoms with Crippen LogP contribution in [0.2, 0.25) is 0 Å². The third-order valence-corrected chi connectivity index (χ3v) is 3.06. The van der Waals surface area contributed by atoms with Crippen molar-refractivity contribution in [3.8, 4) is 0 Å². The molecule has 102 valence electrons. The van der Waals surface area contributed by atoms with Gasteiger partial charge < -0.3 is 5.32 Å². The van der Waals surface area contributed by atoms with E-state index >= 15 is 0 Å². The predicted octanol–water partition coefficient (Wildman–Crippen LogP) is 2.86. The lowest BCUT2D eigenvalue weighted by Crippen LogP contribution is -2.38. The number of thiocarbonyl (C=S) groups is 1. The first kappa shape index (κ1) is 14.2. The molecule has 0 saturated heterocycles. The minimum atomic E-state index is -0.233. The van der Waals surface area contributed by atoms with Crippen molar-refractivity contribution in [2.45, 2.75) is 6.92 Å². The molecule has 0 bridgehead atoms. The minimum Gasteiger partial charge on any atom is -0.363 e. The number of fused-ring (bicyclic) bond motifs is 1. The molecular weight excluding hydrogens is 268 g/mol. The Labute approximate surface area is 123 Å². The first-order chi connectivity index (χ1) is 9.70. The van der Waals surface area contributed by atoms with Crippen molar-refractivity contribution in [3.63, 3.8) is 0 Å². The molecule has 0 saturated carbocycles. The van der Waals surface area contributed by atoms with Crippen LogP contribution in [0, 0.1) is 0 Å². The van der Waals surface area contributed by atoms with Crippen LogP contribution in [0.4, 0.5) is 0 Å². The molecule has 0 aliphatic rings. The maximum Gasteiger partial charge on any atom is 0.250 e. The van der Waals surface area contributed by atoms with Gasteiger partial charge in [-0.25, -0.2) is 0 Å². The molecule has 4 heteroatoms. The number of benzene rings is 2. The first-order valence-corrected chi connectivity index (χ1v) is 6.86. The molecule has 0 spiro atoms. The molecule has 0 aliphatic heterocycles. The average molecular weight is 284 g/mol. The zero-order chi connectivity index (χ0) is 14.4. The Morgan fingerprint density at radius 3 is 2.75 bits per heavy atom. The van der Waals surface area contributed by atoms with E-state index in [9.17, 15) is 4.79 Å². The molecule has 0 aliphatic carbocycles. The van der Waals surface area contributed by atoms with E-state index < -0.39 is 0 Å². The highest BCUT2D eigenvalue weighted by molar-refractivity contribution is 7.80. The van der Waals surface area contributed by atoms with Crippen molar-refractivity contribution in [2.75, 3.05) is 6.54 Å². The van der Waals surface area contributed by atoms with E-state index in [0.29, 0.717) is 11.7 Å². The zero-order valence-corrected chi connectivity index (χ0v) is 12.0. The van der Waals surface area contributed by atoms with Crippen LogP contribution in [0.5, 0.6) is 0 Å². The summed E-state index contributed by atoms with van der Waals surface area (Å²) >= 11 is 4.96. The van der Waals surface area contributed by atoms with Gasteiger partial charge >= 0.3 is 0 Å². The van der Waals surface area contributed by atoms with Gasteiger partial charge in [0.1, 0.15) is 0 Å². The fourth-order valence-electron chi connectivity index (χ4n) is 1.92. The zero-order valence-electron chi connectivity index (χ0n) is 11.2. The maximum atomic E-state index is 11.7. The monoisotopic (exact) mass is 284 g/mol. The van der Waals surface area contributed by atoms with Crippen LogP contribution in [0.1, 0.15) is 12.5 Å². The highest BCUT2D eigenvalue weighted by Crippen LogP contribution is 2.19. The van der Waals surface area contributed by atoms with E-state index in [1.807, 2.05) is 49.4 Å². The van der Waals surface area contributed by atoms with E-state index in [-0.39, 0.29) is 5.91 Å². The molecule has 20 heavy (non-hydrogen) atoms. The lowest BCUT2D eigenvalue weighted by atomic mass is 10.0. The van der Waals surface area contributed by atoms with Crippen molar-refractivity contribution in [1.29, 1.82) is 0 Å². The topological polar surface area (TPSA) is 41.1 Å². The Morgan fingerprint density at radius 1 is 1.20 bits per heavy atom. The van der Waals surface area contributed by atoms with Gasteiger partial charge in [0.15, 0.2) is 5.11 Å². The molecule has 2 aromatic rings. The van der Waals surface area contributed by atoms with Crippen LogP contribution in [-0.2, 0) is 4.79 Å². The summed E-state index contributed by atoms with van der Waals surface area (Å²) in [5.74, 6) is -0.233. The van der Waals surface area contributed by atoms with Crippen LogP contribution in [-0.4, -0.2) is 17.6 Å². The second kappa shape index (κ2) is 6.82. The number of hydrogen-bond acceptors (Lipinski definition) is 2. The highest BCUT2D eigenvalue weighted by Gasteiger charge is 2.00. The fourth-order valence-corrected chi connectivity index (χ4v) is 2.16. The molecule has 0 fully saturated rings. The largest absolute Gasteiger partial charge is 0.363 e. The number of rotatable bonds is 3. The number of carbonyl (C=O) groups is 1. The quantitative estimate of drug-likeness (QED) is 0.672. The maximum absolute atomic E-state index is 11.7. The molecule has 0 atom stereocenters. The van der Waals surface area contributed by atoms with Gasteiger partial charge in [0.05, 0.1) is 0 Å². The van der Waals surface area contributed by atoms with Gasteiger partial charge in [0.25, 0.3) is 0 Å². The summed E-state index contributed by atoms with van der Waals surface area (Å²) in [6, 6.07) is 14.1. The van der Waals surface area contributed by atoms with Crippen molar-refractivity contribution < 1.29 is 4.79 Å². The molecule has 0 aromatic heterocycles. The average Bonchev–Trinajstić information content (AvgIpc) is 2.45. The molecule has 0 unspecified atom stereocenters. The summed E-state index contributed by atoms with van der Waals surface area (Å²) in [7, 11) is 0. The van der Waals surface area contributed by atoms with Crippen molar-refractivity contribution >= 4 is 40.1 Å². The van der Waals surface area contributed by atoms with E-state index in [2.05, 4.69) is 10.6 Å². The summed E-state index contributed by atoms with van der Waals surface area (Å²) in [5, 5.41) is 8.08. The molecular formula is C16H16N2OS. The van der Waals surface area contributed by atoms with Gasteiger partial charge in [0, 0.05) is 12.6 Å². The molecule has 3 nitrogen and oxygen atoms in total. The van der Waals surface area contributed by atoms with Crippen molar-refractivity contribution in [2.24, 2.45) is 0 Å². The second-order valence-corrected chi connectivity index (χ2v) is 4.66. The van der Waals surface area contributed by atoms with Crippen molar-refractivity contribution in [3.05, 3.63) is 54.1 Å². The van der Waals surface area contributed by atoms with Gasteiger partial charge in [-0.2, -0.15) is 0 Å². The molecule has 0 radical (unpaired) electrons. The summed E-state index contributed by atoms with van der Waals surface area (Å²) in [6.07, 6.45) is 3.29. The molecule has 1 amide bonds. The first-order valence-electron chi connectivity index (χ1n) is 6.45. The molecule has 2 rings (SSSR count). The molecule has 2 N–H and O–H groups in total. The van der Waals surface area contributed by atoms with Crippen LogP contribution in [0.15, 0.2) is 48.5 Å². The number of amides is 1. The van der Waals surface area contributed by atoms with Gasteiger partial charge in [-0.15, -0.1) is 0 Å². The lowest BCUT2D eigenvalue weighted by molar-refractivity contribution is -0.115. The minimum absolute atomic E-state index is 0.233. The van der Waals surface area contributed by atoms with E-state index in [1.54, 1.807) is 6.08 Å². The summed E-state index contributed by atoms with van der Waals surface area (Å²) in [5.41, 5.74) is 1.01. The smallest absolute Gasteiger partial charge is 0.250 e. The Bertz CT molecular complexity index is 659. The van der Waals surface area contributed by atoms with Gasteiger partial charge in [-0.1, -0.05) is 42.5 Å². The van der Waals surface area contributed by atoms with Crippen LogP contribution in [0.25, 0.3) is 16.8 Å². The van der Waals surface area contributed by atoms with E-state index in [4.69, 9.17) is 12.2 Å². The van der Waals surface area contributed by atoms with Crippen molar-refractivity contribution in [1.82, 2.24) is 10.6 Å². The summed E-state index contributed by atoms with van der Waals surface area (Å²) in [4.78, 5) is 11.7. The Hall–Kier alpha value is -2.20. The normalized spacial score (nSPS) is 10.7. The molecule has 0 heterocycles. The third-order valence-electron chi connectivity index (χ3n) is 2.81. The molecule has 2 aromatic carbocycles. The summed E-state index contributed by atoms with van der Waals surface area (Å²) < 4.78 is 0. The van der Waals surface area contributed by atoms with Gasteiger partial charge in [0.2, 0.25) is 5.91 Å². The van der Waals surface area contributed by atoms with Gasteiger partial charge in [-0.05, 0) is 41.6 Å². The third kappa shape index (κ3) is 3.65. The SMILES string of the molecule is CCNC(=S)NC(=O)C=Cc1cccc2ccccc12. The predicted molar refractivity (Wildman–Crippen MR) is 87.4 cm³/mol.